The zero-order valence-corrected chi connectivity index (χ0v) is 13.2. The summed E-state index contributed by atoms with van der Waals surface area (Å²) in [5.41, 5.74) is 0.0647. The van der Waals surface area contributed by atoms with Crippen LogP contribution in [0.25, 0.3) is 0 Å². The van der Waals surface area contributed by atoms with E-state index in [0.29, 0.717) is 13.2 Å². The molecule has 1 unspecified atom stereocenters. The van der Waals surface area contributed by atoms with Crippen LogP contribution in [0.4, 0.5) is 0 Å². The number of para-hydroxylation sites is 2. The molecule has 1 aliphatic heterocycles. The first kappa shape index (κ1) is 14.3. The van der Waals surface area contributed by atoms with Crippen molar-refractivity contribution in [2.24, 2.45) is 0 Å². The molecular formula is C15H19N3O2S. The van der Waals surface area contributed by atoms with Gasteiger partial charge in [0.1, 0.15) is 11.6 Å². The van der Waals surface area contributed by atoms with E-state index in [1.54, 1.807) is 11.3 Å². The van der Waals surface area contributed by atoms with Gasteiger partial charge in [-0.15, -0.1) is 10.2 Å². The predicted octanol–water partition coefficient (Wildman–Crippen LogP) is 2.94. The number of hydrogen-bond acceptors (Lipinski definition) is 6. The monoisotopic (exact) mass is 305 g/mol. The van der Waals surface area contributed by atoms with Gasteiger partial charge < -0.3 is 14.8 Å². The summed E-state index contributed by atoms with van der Waals surface area (Å²) in [5, 5.41) is 13.7. The molecule has 0 amide bonds. The fourth-order valence-corrected chi connectivity index (χ4v) is 2.75. The van der Waals surface area contributed by atoms with E-state index in [1.807, 2.05) is 24.3 Å². The summed E-state index contributed by atoms with van der Waals surface area (Å²) in [6, 6.07) is 7.68. The summed E-state index contributed by atoms with van der Waals surface area (Å²) >= 11 is 1.57. The zero-order valence-electron chi connectivity index (χ0n) is 12.4. The van der Waals surface area contributed by atoms with Gasteiger partial charge in [-0.3, -0.25) is 0 Å². The Hall–Kier alpha value is -1.66. The lowest BCUT2D eigenvalue weighted by Crippen LogP contribution is -2.35. The molecule has 1 aromatic carbocycles. The van der Waals surface area contributed by atoms with Crippen LogP contribution in [0.5, 0.6) is 11.5 Å². The van der Waals surface area contributed by atoms with E-state index in [2.05, 4.69) is 36.3 Å². The molecule has 1 aromatic heterocycles. The van der Waals surface area contributed by atoms with E-state index in [9.17, 15) is 0 Å². The molecule has 0 spiro atoms. The standard InChI is InChI=1S/C15H19N3O2S/c1-15(2,3)16-8-13-17-18-14(21-13)12-9-19-10-6-4-5-7-11(10)20-12/h4-7,12,16H,8-9H2,1-3H3. The van der Waals surface area contributed by atoms with Crippen LogP contribution in [0, 0.1) is 0 Å². The Balaban J connectivity index is 1.67. The Kier molecular flexibility index (Phi) is 3.82. The Morgan fingerprint density at radius 1 is 1.24 bits per heavy atom. The lowest BCUT2D eigenvalue weighted by Gasteiger charge is -2.24. The van der Waals surface area contributed by atoms with Gasteiger partial charge >= 0.3 is 0 Å². The first-order valence-electron chi connectivity index (χ1n) is 6.97. The average Bonchev–Trinajstić information content (AvgIpc) is 2.93. The molecule has 112 valence electrons. The summed E-state index contributed by atoms with van der Waals surface area (Å²) in [6.45, 7) is 7.57. The molecule has 1 aliphatic rings. The smallest absolute Gasteiger partial charge is 0.186 e. The lowest BCUT2D eigenvalue weighted by atomic mass is 10.1. The van der Waals surface area contributed by atoms with Crippen molar-refractivity contribution in [3.8, 4) is 11.5 Å². The van der Waals surface area contributed by atoms with E-state index >= 15 is 0 Å². The second-order valence-electron chi connectivity index (χ2n) is 6.00. The molecule has 2 heterocycles. The maximum Gasteiger partial charge on any atom is 0.186 e. The van der Waals surface area contributed by atoms with Crippen molar-refractivity contribution in [1.82, 2.24) is 15.5 Å². The molecular weight excluding hydrogens is 286 g/mol. The predicted molar refractivity (Wildman–Crippen MR) is 81.8 cm³/mol. The highest BCUT2D eigenvalue weighted by molar-refractivity contribution is 7.11. The van der Waals surface area contributed by atoms with E-state index in [0.717, 1.165) is 21.5 Å². The quantitative estimate of drug-likeness (QED) is 0.945. The number of benzene rings is 1. The molecule has 6 heteroatoms. The molecule has 0 saturated heterocycles. The van der Waals surface area contributed by atoms with Crippen molar-refractivity contribution >= 4 is 11.3 Å². The van der Waals surface area contributed by atoms with Gasteiger partial charge in [-0.25, -0.2) is 0 Å². The number of fused-ring (bicyclic) bond motifs is 1. The lowest BCUT2D eigenvalue weighted by molar-refractivity contribution is 0.0906. The van der Waals surface area contributed by atoms with E-state index in [1.165, 1.54) is 0 Å². The highest BCUT2D eigenvalue weighted by Gasteiger charge is 2.25. The molecule has 0 aliphatic carbocycles. The Morgan fingerprint density at radius 2 is 2.00 bits per heavy atom. The zero-order chi connectivity index (χ0) is 14.9. The summed E-state index contributed by atoms with van der Waals surface area (Å²) in [4.78, 5) is 0. The molecule has 3 rings (SSSR count). The van der Waals surface area contributed by atoms with Crippen LogP contribution in [0.3, 0.4) is 0 Å². The fourth-order valence-electron chi connectivity index (χ4n) is 1.95. The van der Waals surface area contributed by atoms with Gasteiger partial charge in [0, 0.05) is 5.54 Å². The Bertz CT molecular complexity index is 621. The number of aromatic nitrogens is 2. The molecule has 5 nitrogen and oxygen atoms in total. The Morgan fingerprint density at radius 3 is 2.76 bits per heavy atom. The Labute approximate surface area is 128 Å². The largest absolute Gasteiger partial charge is 0.485 e. The molecule has 0 fully saturated rings. The first-order chi connectivity index (χ1) is 10.0. The van der Waals surface area contributed by atoms with Crippen molar-refractivity contribution in [3.05, 3.63) is 34.3 Å². The highest BCUT2D eigenvalue weighted by Crippen LogP contribution is 2.36. The number of nitrogens with zero attached hydrogens (tertiary/aromatic N) is 2. The van der Waals surface area contributed by atoms with Crippen LogP contribution in [-0.4, -0.2) is 22.3 Å². The molecule has 0 saturated carbocycles. The third kappa shape index (κ3) is 3.51. The minimum atomic E-state index is -0.180. The maximum atomic E-state index is 5.94. The summed E-state index contributed by atoms with van der Waals surface area (Å²) in [7, 11) is 0. The number of nitrogens with one attached hydrogen (secondary N) is 1. The average molecular weight is 305 g/mol. The van der Waals surface area contributed by atoms with E-state index in [-0.39, 0.29) is 11.6 Å². The second-order valence-corrected chi connectivity index (χ2v) is 7.10. The van der Waals surface area contributed by atoms with E-state index in [4.69, 9.17) is 9.47 Å². The highest BCUT2D eigenvalue weighted by atomic mass is 32.1. The summed E-state index contributed by atoms with van der Waals surface area (Å²) in [6.07, 6.45) is -0.180. The van der Waals surface area contributed by atoms with Crippen molar-refractivity contribution < 1.29 is 9.47 Å². The van der Waals surface area contributed by atoms with Gasteiger partial charge in [0.05, 0.1) is 6.54 Å². The topological polar surface area (TPSA) is 56.3 Å². The molecule has 0 radical (unpaired) electrons. The fraction of sp³-hybridized carbons (Fsp3) is 0.467. The molecule has 2 aromatic rings. The summed E-state index contributed by atoms with van der Waals surface area (Å²) < 4.78 is 11.7. The SMILES string of the molecule is CC(C)(C)NCc1nnc(C2COc3ccccc3O2)s1. The van der Waals surface area contributed by atoms with Crippen LogP contribution in [-0.2, 0) is 6.54 Å². The third-order valence-corrected chi connectivity index (χ3v) is 4.05. The van der Waals surface area contributed by atoms with Crippen molar-refractivity contribution in [1.29, 1.82) is 0 Å². The van der Waals surface area contributed by atoms with Gasteiger partial charge in [-0.05, 0) is 32.9 Å². The first-order valence-corrected chi connectivity index (χ1v) is 7.79. The van der Waals surface area contributed by atoms with Crippen molar-refractivity contribution in [2.45, 2.75) is 39.0 Å². The van der Waals surface area contributed by atoms with E-state index < -0.39 is 0 Å². The van der Waals surface area contributed by atoms with Crippen LogP contribution in [0.2, 0.25) is 0 Å². The van der Waals surface area contributed by atoms with Crippen LogP contribution in [0.1, 0.15) is 36.9 Å². The molecule has 1 atom stereocenters. The van der Waals surface area contributed by atoms with Crippen LogP contribution in [0.15, 0.2) is 24.3 Å². The number of ether oxygens (including phenoxy) is 2. The number of rotatable bonds is 3. The van der Waals surface area contributed by atoms with Gasteiger partial charge in [-0.2, -0.15) is 0 Å². The minimum absolute atomic E-state index is 0.0647. The van der Waals surface area contributed by atoms with Gasteiger partial charge in [0.2, 0.25) is 0 Å². The normalized spacial score (nSPS) is 17.8. The van der Waals surface area contributed by atoms with Gasteiger partial charge in [-0.1, -0.05) is 23.5 Å². The van der Waals surface area contributed by atoms with Crippen molar-refractivity contribution in [2.75, 3.05) is 6.61 Å². The van der Waals surface area contributed by atoms with Gasteiger partial charge in [0.25, 0.3) is 0 Å². The van der Waals surface area contributed by atoms with Crippen molar-refractivity contribution in [3.63, 3.8) is 0 Å². The van der Waals surface area contributed by atoms with Crippen LogP contribution < -0.4 is 14.8 Å². The molecule has 1 N–H and O–H groups in total. The van der Waals surface area contributed by atoms with Crippen LogP contribution >= 0.6 is 11.3 Å². The number of hydrogen-bond donors (Lipinski definition) is 1. The third-order valence-electron chi connectivity index (χ3n) is 3.04. The molecule has 21 heavy (non-hydrogen) atoms. The van der Waals surface area contributed by atoms with Gasteiger partial charge in [0.15, 0.2) is 22.6 Å². The maximum absolute atomic E-state index is 5.94. The minimum Gasteiger partial charge on any atom is -0.485 e. The second kappa shape index (κ2) is 5.61. The summed E-state index contributed by atoms with van der Waals surface area (Å²) in [5.74, 6) is 1.55. The molecule has 0 bridgehead atoms.